The molecule has 0 aromatic rings. The normalized spacial score (nSPS) is 12.7. The number of amides is 1. The maximum Gasteiger partial charge on any atom is 0.246 e. The van der Waals surface area contributed by atoms with Crippen molar-refractivity contribution >= 4 is 15.9 Å². The first-order valence-electron chi connectivity index (χ1n) is 5.41. The van der Waals surface area contributed by atoms with Crippen LogP contribution in [0.1, 0.15) is 27.2 Å². The van der Waals surface area contributed by atoms with Gasteiger partial charge >= 0.3 is 0 Å². The third-order valence-corrected chi connectivity index (χ3v) is 6.69. The summed E-state index contributed by atoms with van der Waals surface area (Å²) < 4.78 is 0. The van der Waals surface area contributed by atoms with E-state index >= 15 is 0 Å². The minimum absolute atomic E-state index is 0.0210. The summed E-state index contributed by atoms with van der Waals surface area (Å²) >= 11 is 0. The van der Waals surface area contributed by atoms with Gasteiger partial charge in [0.2, 0.25) is 5.91 Å². The number of hydrogen-bond acceptors (Lipinski definition) is 1. The fourth-order valence-corrected chi connectivity index (χ4v) is 2.39. The van der Waals surface area contributed by atoms with Crippen LogP contribution >= 0.6 is 10.0 Å². The smallest absolute Gasteiger partial charge is 0.246 e. The lowest BCUT2D eigenvalue weighted by Gasteiger charge is -2.35. The van der Waals surface area contributed by atoms with E-state index in [2.05, 4.69) is 38.3 Å². The largest absolute Gasteiger partial charge is 0.352 e. The number of carbonyl (C=O) groups excluding carboxylic acids is 1. The molecule has 0 heterocycles. The van der Waals surface area contributed by atoms with Gasteiger partial charge in [-0.15, -0.1) is 0 Å². The van der Waals surface area contributed by atoms with Crippen LogP contribution in [0, 0.1) is 0 Å². The molecule has 0 saturated carbocycles. The Kier molecular flexibility index (Phi) is 6.03. The highest BCUT2D eigenvalue weighted by molar-refractivity contribution is 8.33. The van der Waals surface area contributed by atoms with Gasteiger partial charge in [-0.2, -0.15) is 0 Å². The minimum atomic E-state index is -0.490. The SMILES string of the molecule is C=C(C)C(=O)NCCCS(C)(C)C(C)C. The van der Waals surface area contributed by atoms with Gasteiger partial charge in [-0.05, 0) is 36.9 Å². The highest BCUT2D eigenvalue weighted by atomic mass is 32.3. The zero-order valence-electron chi connectivity index (χ0n) is 10.7. The second kappa shape index (κ2) is 6.21. The second-order valence-corrected chi connectivity index (χ2v) is 9.36. The first kappa shape index (κ1) is 14.6. The first-order chi connectivity index (χ1) is 6.77. The average Bonchev–Trinajstić information content (AvgIpc) is 2.11. The van der Waals surface area contributed by atoms with Crippen LogP contribution in [0.5, 0.6) is 0 Å². The zero-order chi connectivity index (χ0) is 12.1. The summed E-state index contributed by atoms with van der Waals surface area (Å²) in [5.74, 6) is 1.20. The quantitative estimate of drug-likeness (QED) is 0.552. The van der Waals surface area contributed by atoms with Crippen LogP contribution in [0.3, 0.4) is 0 Å². The Morgan fingerprint density at radius 3 is 2.33 bits per heavy atom. The molecule has 0 aromatic carbocycles. The van der Waals surface area contributed by atoms with Gasteiger partial charge in [-0.1, -0.05) is 20.4 Å². The summed E-state index contributed by atoms with van der Waals surface area (Å²) in [5.41, 5.74) is 0.588. The first-order valence-corrected chi connectivity index (χ1v) is 8.09. The van der Waals surface area contributed by atoms with E-state index in [1.165, 1.54) is 5.75 Å². The monoisotopic (exact) mass is 231 g/mol. The van der Waals surface area contributed by atoms with Gasteiger partial charge in [-0.3, -0.25) is 4.79 Å². The molecular weight excluding hydrogens is 206 g/mol. The minimum Gasteiger partial charge on any atom is -0.352 e. The van der Waals surface area contributed by atoms with E-state index in [0.29, 0.717) is 5.57 Å². The molecular formula is C12H25NOS. The molecule has 15 heavy (non-hydrogen) atoms. The molecule has 0 saturated heterocycles. The zero-order valence-corrected chi connectivity index (χ0v) is 11.5. The van der Waals surface area contributed by atoms with Crippen LogP contribution < -0.4 is 5.32 Å². The summed E-state index contributed by atoms with van der Waals surface area (Å²) in [6, 6.07) is 0. The van der Waals surface area contributed by atoms with Crippen molar-refractivity contribution in [1.29, 1.82) is 0 Å². The molecule has 0 fully saturated rings. The summed E-state index contributed by atoms with van der Waals surface area (Å²) in [4.78, 5) is 11.2. The van der Waals surface area contributed by atoms with Gasteiger partial charge in [0, 0.05) is 12.1 Å². The summed E-state index contributed by atoms with van der Waals surface area (Å²) in [6.45, 7) is 10.7. The molecule has 1 N–H and O–H groups in total. The second-order valence-electron chi connectivity index (χ2n) is 4.77. The maximum absolute atomic E-state index is 11.2. The van der Waals surface area contributed by atoms with E-state index < -0.39 is 10.0 Å². The number of carbonyl (C=O) groups is 1. The third-order valence-electron chi connectivity index (χ3n) is 2.80. The van der Waals surface area contributed by atoms with E-state index in [0.717, 1.165) is 18.2 Å². The van der Waals surface area contributed by atoms with Gasteiger partial charge in [0.25, 0.3) is 0 Å². The number of hydrogen-bond donors (Lipinski definition) is 1. The lowest BCUT2D eigenvalue weighted by Crippen LogP contribution is -2.26. The molecule has 0 aliphatic heterocycles. The molecule has 0 aromatic heterocycles. The van der Waals surface area contributed by atoms with E-state index in [-0.39, 0.29) is 5.91 Å². The molecule has 0 rings (SSSR count). The average molecular weight is 231 g/mol. The summed E-state index contributed by atoms with van der Waals surface area (Å²) in [5, 5.41) is 3.63. The molecule has 0 spiro atoms. The number of rotatable bonds is 6. The fraction of sp³-hybridized carbons (Fsp3) is 0.750. The van der Waals surface area contributed by atoms with Crippen LogP contribution in [-0.2, 0) is 4.79 Å². The maximum atomic E-state index is 11.2. The van der Waals surface area contributed by atoms with Gasteiger partial charge in [0.15, 0.2) is 0 Å². The summed E-state index contributed by atoms with van der Waals surface area (Å²) in [6.07, 6.45) is 5.79. The molecule has 0 aliphatic rings. The van der Waals surface area contributed by atoms with Crippen LogP contribution in [0.2, 0.25) is 0 Å². The van der Waals surface area contributed by atoms with E-state index in [4.69, 9.17) is 0 Å². The predicted molar refractivity (Wildman–Crippen MR) is 71.9 cm³/mol. The van der Waals surface area contributed by atoms with Crippen molar-refractivity contribution in [2.24, 2.45) is 0 Å². The molecule has 0 unspecified atom stereocenters. The van der Waals surface area contributed by atoms with E-state index in [1.807, 2.05) is 0 Å². The highest BCUT2D eigenvalue weighted by Gasteiger charge is 2.15. The molecule has 90 valence electrons. The molecule has 0 radical (unpaired) electrons. The Balaban J connectivity index is 3.72. The van der Waals surface area contributed by atoms with E-state index in [9.17, 15) is 4.79 Å². The van der Waals surface area contributed by atoms with Crippen molar-refractivity contribution in [2.75, 3.05) is 24.8 Å². The lowest BCUT2D eigenvalue weighted by molar-refractivity contribution is -0.117. The van der Waals surface area contributed by atoms with Crippen molar-refractivity contribution < 1.29 is 4.79 Å². The molecule has 0 bridgehead atoms. The Bertz CT molecular complexity index is 234. The van der Waals surface area contributed by atoms with Gasteiger partial charge in [0.1, 0.15) is 0 Å². The molecule has 0 atom stereocenters. The van der Waals surface area contributed by atoms with Crippen molar-refractivity contribution in [1.82, 2.24) is 5.32 Å². The highest BCUT2D eigenvalue weighted by Crippen LogP contribution is 2.45. The Morgan fingerprint density at radius 1 is 1.40 bits per heavy atom. The van der Waals surface area contributed by atoms with Crippen LogP contribution in [0.4, 0.5) is 0 Å². The Labute approximate surface area is 95.8 Å². The Morgan fingerprint density at radius 2 is 1.93 bits per heavy atom. The number of nitrogens with one attached hydrogen (secondary N) is 1. The molecule has 3 heteroatoms. The predicted octanol–water partition coefficient (Wildman–Crippen LogP) is 2.54. The molecule has 1 amide bonds. The van der Waals surface area contributed by atoms with Crippen molar-refractivity contribution in [3.63, 3.8) is 0 Å². The lowest BCUT2D eigenvalue weighted by atomic mass is 10.3. The molecule has 2 nitrogen and oxygen atoms in total. The fourth-order valence-electron chi connectivity index (χ4n) is 1.03. The van der Waals surface area contributed by atoms with Gasteiger partial charge in [-0.25, -0.2) is 10.0 Å². The Hall–Kier alpha value is -0.440. The summed E-state index contributed by atoms with van der Waals surface area (Å²) in [7, 11) is -0.490. The van der Waals surface area contributed by atoms with Crippen LogP contribution in [-0.4, -0.2) is 36.0 Å². The van der Waals surface area contributed by atoms with Crippen molar-refractivity contribution in [3.05, 3.63) is 12.2 Å². The third kappa shape index (κ3) is 5.88. The van der Waals surface area contributed by atoms with Crippen molar-refractivity contribution in [3.8, 4) is 0 Å². The van der Waals surface area contributed by atoms with Crippen molar-refractivity contribution in [2.45, 2.75) is 32.4 Å². The van der Waals surface area contributed by atoms with Gasteiger partial charge < -0.3 is 5.32 Å². The topological polar surface area (TPSA) is 29.1 Å². The van der Waals surface area contributed by atoms with Gasteiger partial charge in [0.05, 0.1) is 0 Å². The van der Waals surface area contributed by atoms with Crippen LogP contribution in [0.25, 0.3) is 0 Å². The standard InChI is InChI=1S/C12H25NOS/c1-10(2)12(14)13-8-7-9-15(5,6)11(3)4/h11H,1,7-9H2,2-6H3,(H,13,14). The van der Waals surface area contributed by atoms with Crippen LogP contribution in [0.15, 0.2) is 12.2 Å². The van der Waals surface area contributed by atoms with E-state index in [1.54, 1.807) is 6.92 Å². The molecule has 0 aliphatic carbocycles.